The third-order valence-electron chi connectivity index (χ3n) is 4.86. The molecule has 4 rings (SSSR count). The van der Waals surface area contributed by atoms with E-state index in [4.69, 9.17) is 4.74 Å². The molecule has 2 aliphatic rings. The Labute approximate surface area is 151 Å². The lowest BCUT2D eigenvalue weighted by molar-refractivity contribution is -0.153. The number of hydrogen-bond acceptors (Lipinski definition) is 5. The van der Waals surface area contributed by atoms with Crippen molar-refractivity contribution in [1.82, 2.24) is 19.8 Å². The summed E-state index contributed by atoms with van der Waals surface area (Å²) in [6, 6.07) is 9.72. The quantitative estimate of drug-likeness (QED) is 0.825. The second-order valence-electron chi connectivity index (χ2n) is 6.68. The number of hydrogen-bond donors (Lipinski definition) is 0. The van der Waals surface area contributed by atoms with Gasteiger partial charge >= 0.3 is 0 Å². The zero-order chi connectivity index (χ0) is 18.1. The van der Waals surface area contributed by atoms with Crippen molar-refractivity contribution >= 4 is 11.8 Å². The van der Waals surface area contributed by atoms with Crippen molar-refractivity contribution in [3.05, 3.63) is 59.7 Å². The standard InChI is InChI=1S/C19H20N4O3/c1-13-7-21-15(8-20-13)19(25)22-10-16-17(11-22)26-12-18(24)23(16)9-14-5-3-2-4-6-14/h2-8,16-17H,9-12H2,1H3/t16-,17-/m1/s1. The molecule has 0 saturated carbocycles. The van der Waals surface area contributed by atoms with Crippen molar-refractivity contribution in [3.8, 4) is 0 Å². The number of amides is 2. The van der Waals surface area contributed by atoms with Crippen molar-refractivity contribution in [3.63, 3.8) is 0 Å². The van der Waals surface area contributed by atoms with Gasteiger partial charge in [0.1, 0.15) is 12.3 Å². The van der Waals surface area contributed by atoms with Crippen LogP contribution in [-0.2, 0) is 16.1 Å². The van der Waals surface area contributed by atoms with E-state index in [0.29, 0.717) is 25.3 Å². The van der Waals surface area contributed by atoms with E-state index in [9.17, 15) is 9.59 Å². The first-order valence-corrected chi connectivity index (χ1v) is 8.65. The Morgan fingerprint density at radius 2 is 2.00 bits per heavy atom. The van der Waals surface area contributed by atoms with Crippen molar-refractivity contribution in [1.29, 1.82) is 0 Å². The van der Waals surface area contributed by atoms with E-state index in [1.807, 2.05) is 42.2 Å². The SMILES string of the molecule is Cc1cnc(C(=O)N2C[C@@H]3[C@@H](C2)OCC(=O)N3Cc2ccccc2)cn1. The molecule has 1 aromatic carbocycles. The summed E-state index contributed by atoms with van der Waals surface area (Å²) in [6.07, 6.45) is 2.91. The molecule has 0 radical (unpaired) electrons. The van der Waals surface area contributed by atoms with Gasteiger partial charge in [-0.2, -0.15) is 0 Å². The van der Waals surface area contributed by atoms with Crippen LogP contribution in [-0.4, -0.2) is 63.4 Å². The summed E-state index contributed by atoms with van der Waals surface area (Å²) in [5.41, 5.74) is 2.14. The van der Waals surface area contributed by atoms with E-state index < -0.39 is 0 Å². The highest BCUT2D eigenvalue weighted by Crippen LogP contribution is 2.26. The van der Waals surface area contributed by atoms with Crippen molar-refractivity contribution < 1.29 is 14.3 Å². The number of aromatic nitrogens is 2. The number of benzene rings is 1. The molecule has 0 unspecified atom stereocenters. The normalized spacial score (nSPS) is 22.4. The number of carbonyl (C=O) groups is 2. The number of ether oxygens (including phenoxy) is 1. The van der Waals surface area contributed by atoms with Crippen LogP contribution in [0, 0.1) is 6.92 Å². The number of morpholine rings is 1. The molecule has 26 heavy (non-hydrogen) atoms. The van der Waals surface area contributed by atoms with E-state index in [2.05, 4.69) is 9.97 Å². The van der Waals surface area contributed by atoms with Crippen LogP contribution in [0.25, 0.3) is 0 Å². The van der Waals surface area contributed by atoms with Gasteiger partial charge < -0.3 is 14.5 Å². The van der Waals surface area contributed by atoms with Crippen molar-refractivity contribution in [2.45, 2.75) is 25.6 Å². The predicted molar refractivity (Wildman–Crippen MR) is 93.2 cm³/mol. The van der Waals surface area contributed by atoms with Gasteiger partial charge in [-0.05, 0) is 12.5 Å². The number of nitrogens with zero attached hydrogens (tertiary/aromatic N) is 4. The van der Waals surface area contributed by atoms with Crippen molar-refractivity contribution in [2.24, 2.45) is 0 Å². The molecule has 2 atom stereocenters. The molecule has 2 saturated heterocycles. The second kappa shape index (κ2) is 6.84. The summed E-state index contributed by atoms with van der Waals surface area (Å²) in [5.74, 6) is -0.220. The van der Waals surface area contributed by atoms with Crippen LogP contribution in [0.4, 0.5) is 0 Å². The largest absolute Gasteiger partial charge is 0.364 e. The molecule has 2 aliphatic heterocycles. The zero-order valence-electron chi connectivity index (χ0n) is 14.5. The molecule has 0 bridgehead atoms. The highest BCUT2D eigenvalue weighted by atomic mass is 16.5. The molecular formula is C19H20N4O3. The van der Waals surface area contributed by atoms with Crippen LogP contribution in [0.2, 0.25) is 0 Å². The fourth-order valence-corrected chi connectivity index (χ4v) is 3.48. The highest BCUT2D eigenvalue weighted by Gasteiger charge is 2.44. The van der Waals surface area contributed by atoms with E-state index >= 15 is 0 Å². The molecular weight excluding hydrogens is 332 g/mol. The Hall–Kier alpha value is -2.80. The smallest absolute Gasteiger partial charge is 0.274 e. The van der Waals surface area contributed by atoms with Crippen LogP contribution in [0.3, 0.4) is 0 Å². The first-order valence-electron chi connectivity index (χ1n) is 8.65. The molecule has 2 amide bonds. The molecule has 7 heteroatoms. The van der Waals surface area contributed by atoms with E-state index in [1.165, 1.54) is 6.20 Å². The Bertz CT molecular complexity index is 809. The van der Waals surface area contributed by atoms with Crippen LogP contribution in [0.15, 0.2) is 42.7 Å². The van der Waals surface area contributed by atoms with Gasteiger partial charge in [-0.1, -0.05) is 30.3 Å². The first-order chi connectivity index (χ1) is 12.6. The van der Waals surface area contributed by atoms with Gasteiger partial charge in [-0.25, -0.2) is 4.98 Å². The fourth-order valence-electron chi connectivity index (χ4n) is 3.48. The van der Waals surface area contributed by atoms with Crippen LogP contribution in [0.5, 0.6) is 0 Å². The summed E-state index contributed by atoms with van der Waals surface area (Å²) < 4.78 is 5.70. The molecule has 7 nitrogen and oxygen atoms in total. The fraction of sp³-hybridized carbons (Fsp3) is 0.368. The summed E-state index contributed by atoms with van der Waals surface area (Å²) >= 11 is 0. The Morgan fingerprint density at radius 3 is 2.73 bits per heavy atom. The van der Waals surface area contributed by atoms with Gasteiger partial charge in [0.2, 0.25) is 5.91 Å². The van der Waals surface area contributed by atoms with Gasteiger partial charge in [0, 0.05) is 25.8 Å². The molecule has 0 N–H and O–H groups in total. The van der Waals surface area contributed by atoms with Gasteiger partial charge in [-0.3, -0.25) is 14.6 Å². The topological polar surface area (TPSA) is 75.6 Å². The van der Waals surface area contributed by atoms with Crippen LogP contribution >= 0.6 is 0 Å². The number of likely N-dealkylation sites (tertiary alicyclic amines) is 1. The van der Waals surface area contributed by atoms with Crippen LogP contribution < -0.4 is 0 Å². The highest BCUT2D eigenvalue weighted by molar-refractivity contribution is 5.92. The summed E-state index contributed by atoms with van der Waals surface area (Å²) in [5, 5.41) is 0. The molecule has 1 aromatic heterocycles. The molecule has 0 aliphatic carbocycles. The maximum atomic E-state index is 12.7. The minimum atomic E-state index is -0.178. The lowest BCUT2D eigenvalue weighted by Crippen LogP contribution is -2.53. The Morgan fingerprint density at radius 1 is 1.19 bits per heavy atom. The van der Waals surface area contributed by atoms with Gasteiger partial charge in [-0.15, -0.1) is 0 Å². The minimum Gasteiger partial charge on any atom is -0.364 e. The number of aryl methyl sites for hydroxylation is 1. The lowest BCUT2D eigenvalue weighted by Gasteiger charge is -2.36. The minimum absolute atomic E-state index is 0.0421. The maximum Gasteiger partial charge on any atom is 0.274 e. The Balaban J connectivity index is 1.51. The average Bonchev–Trinajstić information content (AvgIpc) is 3.10. The van der Waals surface area contributed by atoms with Crippen LogP contribution in [0.1, 0.15) is 21.7 Å². The Kier molecular flexibility index (Phi) is 4.38. The molecule has 3 heterocycles. The lowest BCUT2D eigenvalue weighted by atomic mass is 10.1. The second-order valence-corrected chi connectivity index (χ2v) is 6.68. The summed E-state index contributed by atoms with van der Waals surface area (Å²) in [4.78, 5) is 36.9. The van der Waals surface area contributed by atoms with Gasteiger partial charge in [0.15, 0.2) is 0 Å². The molecule has 2 fully saturated rings. The van der Waals surface area contributed by atoms with Gasteiger partial charge in [0.25, 0.3) is 5.91 Å². The van der Waals surface area contributed by atoms with Gasteiger partial charge in [0.05, 0.1) is 24.0 Å². The maximum absolute atomic E-state index is 12.7. The number of fused-ring (bicyclic) bond motifs is 1. The number of carbonyl (C=O) groups excluding carboxylic acids is 2. The summed E-state index contributed by atoms with van der Waals surface area (Å²) in [7, 11) is 0. The molecule has 0 spiro atoms. The van der Waals surface area contributed by atoms with E-state index in [1.54, 1.807) is 11.1 Å². The molecule has 2 aromatic rings. The van der Waals surface area contributed by atoms with Crippen molar-refractivity contribution in [2.75, 3.05) is 19.7 Å². The monoisotopic (exact) mass is 352 g/mol. The van der Waals surface area contributed by atoms with E-state index in [-0.39, 0.29) is 30.6 Å². The average molecular weight is 352 g/mol. The first kappa shape index (κ1) is 16.7. The third kappa shape index (κ3) is 3.17. The summed E-state index contributed by atoms with van der Waals surface area (Å²) in [6.45, 7) is 3.30. The third-order valence-corrected chi connectivity index (χ3v) is 4.86. The van der Waals surface area contributed by atoms with E-state index in [0.717, 1.165) is 11.3 Å². The number of rotatable bonds is 3. The predicted octanol–water partition coefficient (Wildman–Crippen LogP) is 1.04. The molecule has 134 valence electrons. The zero-order valence-corrected chi connectivity index (χ0v) is 14.5.